The number of nitrogens with zero attached hydrogens (tertiary/aromatic N) is 2. The summed E-state index contributed by atoms with van der Waals surface area (Å²) in [5, 5.41) is 3.82. The van der Waals surface area contributed by atoms with Crippen LogP contribution in [0.2, 0.25) is 0 Å². The van der Waals surface area contributed by atoms with E-state index < -0.39 is 23.9 Å². The quantitative estimate of drug-likeness (QED) is 0.927. The summed E-state index contributed by atoms with van der Waals surface area (Å²) < 4.78 is 49.2. The first kappa shape index (κ1) is 15.6. The molecule has 0 spiro atoms. The summed E-state index contributed by atoms with van der Waals surface area (Å²) in [7, 11) is 0. The van der Waals surface area contributed by atoms with Gasteiger partial charge in [-0.2, -0.15) is 13.2 Å². The summed E-state index contributed by atoms with van der Waals surface area (Å²) in [6.45, 7) is -0.205. The van der Waals surface area contributed by atoms with Crippen molar-refractivity contribution in [3.63, 3.8) is 0 Å². The number of alkyl halides is 3. The molecule has 1 fully saturated rings. The fourth-order valence-corrected chi connectivity index (χ4v) is 2.78. The van der Waals surface area contributed by atoms with Gasteiger partial charge in [-0.25, -0.2) is 0 Å². The molecule has 23 heavy (non-hydrogen) atoms. The largest absolute Gasteiger partial charge is 0.461 e. The Morgan fingerprint density at radius 1 is 1.39 bits per heavy atom. The minimum Gasteiger partial charge on any atom is -0.461 e. The molecule has 6 nitrogen and oxygen atoms in total. The molecule has 0 aliphatic carbocycles. The molecule has 2 aromatic rings. The number of furan rings is 1. The fraction of sp³-hybridized carbons (Fsp3) is 0.429. The fourth-order valence-electron chi connectivity index (χ4n) is 2.78. The van der Waals surface area contributed by atoms with E-state index >= 15 is 0 Å². The van der Waals surface area contributed by atoms with Crippen molar-refractivity contribution >= 4 is 5.91 Å². The molecule has 1 amide bonds. The average Bonchev–Trinajstić information content (AvgIpc) is 3.17. The molecule has 2 atom stereocenters. The number of amides is 1. The molecule has 3 rings (SSSR count). The van der Waals surface area contributed by atoms with Gasteiger partial charge in [0.2, 0.25) is 11.7 Å². The lowest BCUT2D eigenvalue weighted by atomic mass is 9.95. The smallest absolute Gasteiger partial charge is 0.393 e. The summed E-state index contributed by atoms with van der Waals surface area (Å²) in [6, 6.07) is 4.96. The van der Waals surface area contributed by atoms with Gasteiger partial charge < -0.3 is 14.7 Å². The summed E-state index contributed by atoms with van der Waals surface area (Å²) in [5.41, 5.74) is 5.56. The van der Waals surface area contributed by atoms with Crippen molar-refractivity contribution in [1.29, 1.82) is 0 Å². The second-order valence-corrected chi connectivity index (χ2v) is 5.51. The Morgan fingerprint density at radius 3 is 2.74 bits per heavy atom. The molecule has 1 saturated heterocycles. The highest BCUT2D eigenvalue weighted by Gasteiger charge is 2.51. The Kier molecular flexibility index (Phi) is 3.88. The molecule has 0 bridgehead atoms. The number of primary amides is 1. The third-order valence-corrected chi connectivity index (χ3v) is 3.89. The lowest BCUT2D eigenvalue weighted by molar-refractivity contribution is -0.182. The van der Waals surface area contributed by atoms with Gasteiger partial charge in [0.05, 0.1) is 23.8 Å². The van der Waals surface area contributed by atoms with E-state index in [1.54, 1.807) is 18.2 Å². The number of rotatable bonds is 4. The van der Waals surface area contributed by atoms with Gasteiger partial charge in [0.1, 0.15) is 0 Å². The van der Waals surface area contributed by atoms with Crippen LogP contribution in [-0.4, -0.2) is 35.2 Å². The lowest BCUT2D eigenvalue weighted by Crippen LogP contribution is -2.37. The van der Waals surface area contributed by atoms with Gasteiger partial charge in [-0.15, -0.1) is 0 Å². The number of likely N-dealkylation sites (tertiary alicyclic amines) is 1. The molecule has 1 aliphatic heterocycles. The van der Waals surface area contributed by atoms with Crippen molar-refractivity contribution in [1.82, 2.24) is 10.1 Å². The second kappa shape index (κ2) is 5.73. The second-order valence-electron chi connectivity index (χ2n) is 5.51. The summed E-state index contributed by atoms with van der Waals surface area (Å²) in [6.07, 6.45) is -2.99. The highest BCUT2D eigenvalue weighted by Crippen LogP contribution is 2.38. The van der Waals surface area contributed by atoms with Crippen LogP contribution in [0.3, 0.4) is 0 Å². The predicted molar refractivity (Wildman–Crippen MR) is 71.7 cm³/mol. The van der Waals surface area contributed by atoms with Crippen LogP contribution in [-0.2, 0) is 11.3 Å². The van der Waals surface area contributed by atoms with E-state index in [1.807, 2.05) is 0 Å². The van der Waals surface area contributed by atoms with Crippen LogP contribution >= 0.6 is 0 Å². The summed E-state index contributed by atoms with van der Waals surface area (Å²) >= 11 is 0. The van der Waals surface area contributed by atoms with E-state index in [0.29, 0.717) is 17.2 Å². The van der Waals surface area contributed by atoms with E-state index in [4.69, 9.17) is 14.7 Å². The molecule has 3 heterocycles. The number of hydrogen-bond acceptors (Lipinski definition) is 5. The number of hydrogen-bond donors (Lipinski definition) is 1. The highest BCUT2D eigenvalue weighted by atomic mass is 19.4. The molecule has 9 heteroatoms. The minimum atomic E-state index is -4.46. The number of nitrogens with two attached hydrogens (primary N) is 1. The molecule has 0 radical (unpaired) electrons. The maximum atomic E-state index is 13.0. The van der Waals surface area contributed by atoms with Crippen LogP contribution in [0.25, 0.3) is 11.5 Å². The molecular weight excluding hydrogens is 315 g/mol. The maximum Gasteiger partial charge on any atom is 0.393 e. The number of aromatic nitrogens is 1. The number of carbonyl (C=O) groups excluding carboxylic acids is 1. The van der Waals surface area contributed by atoms with Gasteiger partial charge >= 0.3 is 6.18 Å². The standard InChI is InChI=1S/C14H14F3N3O3/c15-14(16,17)10-7-20(6-9(10)13(18)21)5-8-4-12(23-19-8)11-2-1-3-22-11/h1-4,9-10H,5-7H2,(H2,18,21)/t9-,10-/m1/s1. The molecule has 0 saturated carbocycles. The Labute approximate surface area is 129 Å². The van der Waals surface area contributed by atoms with Gasteiger partial charge in [0.25, 0.3) is 0 Å². The zero-order valence-corrected chi connectivity index (χ0v) is 11.9. The van der Waals surface area contributed by atoms with Crippen molar-refractivity contribution in [2.45, 2.75) is 12.7 Å². The van der Waals surface area contributed by atoms with Crippen LogP contribution in [0.5, 0.6) is 0 Å². The van der Waals surface area contributed by atoms with Crippen molar-refractivity contribution < 1.29 is 26.9 Å². The Hall–Kier alpha value is -2.29. The van der Waals surface area contributed by atoms with E-state index in [2.05, 4.69) is 5.16 Å². The third-order valence-electron chi connectivity index (χ3n) is 3.89. The molecule has 124 valence electrons. The van der Waals surface area contributed by atoms with Crippen molar-refractivity contribution in [2.24, 2.45) is 17.6 Å². The third kappa shape index (κ3) is 3.24. The van der Waals surface area contributed by atoms with Crippen LogP contribution in [0.1, 0.15) is 5.69 Å². The van der Waals surface area contributed by atoms with Gasteiger partial charge in [0.15, 0.2) is 5.76 Å². The predicted octanol–water partition coefficient (Wildman–Crippen LogP) is 2.03. The summed E-state index contributed by atoms with van der Waals surface area (Å²) in [4.78, 5) is 12.8. The molecule has 1 aliphatic rings. The van der Waals surface area contributed by atoms with Gasteiger partial charge in [-0.3, -0.25) is 9.69 Å². The van der Waals surface area contributed by atoms with Crippen molar-refractivity contribution in [2.75, 3.05) is 13.1 Å². The van der Waals surface area contributed by atoms with E-state index in [1.165, 1.54) is 11.2 Å². The van der Waals surface area contributed by atoms with Gasteiger partial charge in [-0.1, -0.05) is 5.16 Å². The topological polar surface area (TPSA) is 85.5 Å². The first-order valence-electron chi connectivity index (χ1n) is 6.92. The normalized spacial score (nSPS) is 22.6. The Morgan fingerprint density at radius 2 is 2.17 bits per heavy atom. The van der Waals surface area contributed by atoms with E-state index in [-0.39, 0.29) is 19.6 Å². The molecule has 0 aromatic carbocycles. The van der Waals surface area contributed by atoms with Gasteiger partial charge in [0, 0.05) is 25.7 Å². The van der Waals surface area contributed by atoms with E-state index in [9.17, 15) is 18.0 Å². The first-order valence-corrected chi connectivity index (χ1v) is 6.92. The van der Waals surface area contributed by atoms with Crippen LogP contribution in [0.4, 0.5) is 13.2 Å². The van der Waals surface area contributed by atoms with Crippen molar-refractivity contribution in [3.05, 3.63) is 30.2 Å². The average molecular weight is 329 g/mol. The highest BCUT2D eigenvalue weighted by molar-refractivity contribution is 5.77. The molecular formula is C14H14F3N3O3. The summed E-state index contributed by atoms with van der Waals surface area (Å²) in [5.74, 6) is -3.06. The SMILES string of the molecule is NC(=O)[C@@H]1CN(Cc2cc(-c3ccco3)on2)C[C@H]1C(F)(F)F. The minimum absolute atomic E-state index is 0.0531. The zero-order chi connectivity index (χ0) is 16.6. The molecule has 2 N–H and O–H groups in total. The monoisotopic (exact) mass is 329 g/mol. The van der Waals surface area contributed by atoms with Crippen LogP contribution in [0.15, 0.2) is 33.4 Å². The van der Waals surface area contributed by atoms with Crippen LogP contribution < -0.4 is 5.73 Å². The first-order chi connectivity index (χ1) is 10.8. The molecule has 2 aromatic heterocycles. The van der Waals surface area contributed by atoms with Gasteiger partial charge in [-0.05, 0) is 12.1 Å². The molecule has 0 unspecified atom stereocenters. The number of halogens is 3. The van der Waals surface area contributed by atoms with Crippen LogP contribution in [0, 0.1) is 11.8 Å². The number of carbonyl (C=O) groups is 1. The Bertz CT molecular complexity index is 681. The van der Waals surface area contributed by atoms with E-state index in [0.717, 1.165) is 0 Å². The van der Waals surface area contributed by atoms with Crippen molar-refractivity contribution in [3.8, 4) is 11.5 Å². The zero-order valence-electron chi connectivity index (χ0n) is 11.9. The Balaban J connectivity index is 1.70. The maximum absolute atomic E-state index is 13.0. The lowest BCUT2D eigenvalue weighted by Gasteiger charge is -2.18.